The van der Waals surface area contributed by atoms with E-state index in [9.17, 15) is 4.79 Å². The van der Waals surface area contributed by atoms with Crippen molar-refractivity contribution >= 4 is 17.7 Å². The van der Waals surface area contributed by atoms with E-state index in [-0.39, 0.29) is 0 Å². The van der Waals surface area contributed by atoms with Crippen LogP contribution in [0.1, 0.15) is 20.8 Å². The molecule has 0 aliphatic carbocycles. The number of nitrogens with zero attached hydrogens (tertiary/aromatic N) is 2. The van der Waals surface area contributed by atoms with E-state index in [0.29, 0.717) is 11.6 Å². The highest BCUT2D eigenvalue weighted by atomic mass is 16.6. The fourth-order valence-electron chi connectivity index (χ4n) is 1.70. The van der Waals surface area contributed by atoms with Gasteiger partial charge in [0.05, 0.1) is 5.69 Å². The van der Waals surface area contributed by atoms with Crippen LogP contribution < -0.4 is 10.6 Å². The van der Waals surface area contributed by atoms with Gasteiger partial charge in [0.15, 0.2) is 0 Å². The molecule has 0 aliphatic heterocycles. The smallest absolute Gasteiger partial charge is 0.416 e. The molecule has 1 amide bonds. The van der Waals surface area contributed by atoms with Gasteiger partial charge in [0.25, 0.3) is 0 Å². The van der Waals surface area contributed by atoms with Crippen molar-refractivity contribution in [1.82, 2.24) is 9.97 Å². The highest BCUT2D eigenvalue weighted by Crippen LogP contribution is 2.21. The van der Waals surface area contributed by atoms with Crippen LogP contribution in [0.25, 0.3) is 11.3 Å². The first-order chi connectivity index (χ1) is 9.76. The van der Waals surface area contributed by atoms with Crippen molar-refractivity contribution in [3.8, 4) is 11.3 Å². The number of benzene rings is 1. The van der Waals surface area contributed by atoms with E-state index in [2.05, 4.69) is 9.97 Å². The third-order valence-corrected chi connectivity index (χ3v) is 2.76. The largest absolute Gasteiger partial charge is 0.443 e. The van der Waals surface area contributed by atoms with Gasteiger partial charge in [0.1, 0.15) is 5.60 Å². The summed E-state index contributed by atoms with van der Waals surface area (Å²) < 4.78 is 5.30. The summed E-state index contributed by atoms with van der Waals surface area (Å²) in [5.41, 5.74) is 7.47. The molecule has 0 unspecified atom stereocenters. The molecule has 112 valence electrons. The molecule has 6 nitrogen and oxygen atoms in total. The lowest BCUT2D eigenvalue weighted by atomic mass is 10.1. The number of hydrogen-bond donors (Lipinski definition) is 2. The molecule has 0 radical (unpaired) electrons. The van der Waals surface area contributed by atoms with Gasteiger partial charge in [0, 0.05) is 24.5 Å². The number of carbonyl (C=O) groups is 1. The Morgan fingerprint density at radius 1 is 1.29 bits per heavy atom. The fraction of sp³-hybridized carbons (Fsp3) is 0.333. The Hall–Kier alpha value is -2.50. The van der Waals surface area contributed by atoms with Gasteiger partial charge >= 0.3 is 6.09 Å². The second kappa shape index (κ2) is 5.47. The Balaban J connectivity index is 2.16. The number of carbonyl (C=O) groups excluding carboxylic acids is 1. The van der Waals surface area contributed by atoms with Crippen molar-refractivity contribution in [2.45, 2.75) is 26.4 Å². The van der Waals surface area contributed by atoms with Crippen LogP contribution in [-0.4, -0.2) is 28.7 Å². The van der Waals surface area contributed by atoms with Crippen LogP contribution >= 0.6 is 0 Å². The van der Waals surface area contributed by atoms with Gasteiger partial charge < -0.3 is 15.5 Å². The number of nitrogens with one attached hydrogen (secondary N) is 1. The van der Waals surface area contributed by atoms with Gasteiger partial charge in [-0.3, -0.25) is 4.90 Å². The molecule has 0 bridgehead atoms. The summed E-state index contributed by atoms with van der Waals surface area (Å²) in [6.07, 6.45) is 1.28. The van der Waals surface area contributed by atoms with Gasteiger partial charge in [-0.2, -0.15) is 0 Å². The molecule has 21 heavy (non-hydrogen) atoms. The van der Waals surface area contributed by atoms with Crippen LogP contribution in [0.15, 0.2) is 30.5 Å². The standard InChI is InChI=1S/C15H20N4O2/c1-15(2,3)21-14(20)19(4)13-17-9-12(18-13)10-5-7-11(16)8-6-10/h5-9H,16H2,1-4H3,(H,17,18). The van der Waals surface area contributed by atoms with Crippen molar-refractivity contribution in [1.29, 1.82) is 0 Å². The zero-order valence-electron chi connectivity index (χ0n) is 12.7. The number of amides is 1. The molecule has 1 heterocycles. The minimum absolute atomic E-state index is 0.427. The lowest BCUT2D eigenvalue weighted by Crippen LogP contribution is -2.34. The number of imidazole rings is 1. The molecule has 0 spiro atoms. The number of anilines is 2. The molecule has 0 saturated heterocycles. The van der Waals surface area contributed by atoms with Gasteiger partial charge in [-0.25, -0.2) is 9.78 Å². The normalized spacial score (nSPS) is 11.2. The zero-order valence-corrected chi connectivity index (χ0v) is 12.7. The molecule has 1 aromatic heterocycles. The predicted octanol–water partition coefficient (Wildman–Crippen LogP) is 3.03. The average Bonchev–Trinajstić information content (AvgIpc) is 2.86. The van der Waals surface area contributed by atoms with Crippen molar-refractivity contribution in [3.05, 3.63) is 30.5 Å². The van der Waals surface area contributed by atoms with Gasteiger partial charge in [0.2, 0.25) is 5.95 Å². The highest BCUT2D eigenvalue weighted by Gasteiger charge is 2.22. The number of aromatic amines is 1. The van der Waals surface area contributed by atoms with Crippen LogP contribution in [0, 0.1) is 0 Å². The summed E-state index contributed by atoms with van der Waals surface area (Å²) in [4.78, 5) is 20.7. The van der Waals surface area contributed by atoms with Gasteiger partial charge in [-0.05, 0) is 32.9 Å². The average molecular weight is 288 g/mol. The molecule has 0 aliphatic rings. The van der Waals surface area contributed by atoms with Crippen LogP contribution in [0.3, 0.4) is 0 Å². The number of H-pyrrole nitrogens is 1. The third kappa shape index (κ3) is 3.75. The van der Waals surface area contributed by atoms with Crippen LogP contribution in [0.4, 0.5) is 16.4 Å². The number of aromatic nitrogens is 2. The molecule has 0 saturated carbocycles. The number of ether oxygens (including phenoxy) is 1. The highest BCUT2D eigenvalue weighted by molar-refractivity contribution is 5.85. The predicted molar refractivity (Wildman–Crippen MR) is 83.1 cm³/mol. The summed E-state index contributed by atoms with van der Waals surface area (Å²) in [7, 11) is 1.61. The van der Waals surface area contributed by atoms with Gasteiger partial charge in [-0.1, -0.05) is 12.1 Å². The molecule has 0 atom stereocenters. The summed E-state index contributed by atoms with van der Waals surface area (Å²) in [6, 6.07) is 7.37. The molecular formula is C15H20N4O2. The first kappa shape index (κ1) is 14.9. The lowest BCUT2D eigenvalue weighted by molar-refractivity contribution is 0.0587. The molecule has 3 N–H and O–H groups in total. The minimum atomic E-state index is -0.544. The van der Waals surface area contributed by atoms with Crippen LogP contribution in [0.2, 0.25) is 0 Å². The molecule has 6 heteroatoms. The van der Waals surface area contributed by atoms with E-state index in [4.69, 9.17) is 10.5 Å². The maximum atomic E-state index is 12.0. The van der Waals surface area contributed by atoms with E-state index < -0.39 is 11.7 Å². The Kier molecular flexibility index (Phi) is 3.88. The molecule has 0 fully saturated rings. The summed E-state index contributed by atoms with van der Waals surface area (Å²) in [5, 5.41) is 0. The van der Waals surface area contributed by atoms with Crippen molar-refractivity contribution in [2.24, 2.45) is 0 Å². The first-order valence-electron chi connectivity index (χ1n) is 6.64. The number of hydrogen-bond acceptors (Lipinski definition) is 4. The van der Waals surface area contributed by atoms with Gasteiger partial charge in [-0.15, -0.1) is 0 Å². The Bertz CT molecular complexity index is 626. The third-order valence-electron chi connectivity index (χ3n) is 2.76. The Labute approximate surface area is 123 Å². The number of rotatable bonds is 2. The fourth-order valence-corrected chi connectivity index (χ4v) is 1.70. The van der Waals surface area contributed by atoms with E-state index >= 15 is 0 Å². The quantitative estimate of drug-likeness (QED) is 0.832. The summed E-state index contributed by atoms with van der Waals surface area (Å²) >= 11 is 0. The van der Waals surface area contributed by atoms with Crippen molar-refractivity contribution in [2.75, 3.05) is 17.7 Å². The minimum Gasteiger partial charge on any atom is -0.443 e. The Morgan fingerprint density at radius 2 is 1.90 bits per heavy atom. The van der Waals surface area contributed by atoms with E-state index in [1.807, 2.05) is 32.9 Å². The summed E-state index contributed by atoms with van der Waals surface area (Å²) in [6.45, 7) is 5.46. The van der Waals surface area contributed by atoms with E-state index in [1.54, 1.807) is 25.4 Å². The monoisotopic (exact) mass is 288 g/mol. The van der Waals surface area contributed by atoms with Crippen LogP contribution in [-0.2, 0) is 4.74 Å². The topological polar surface area (TPSA) is 84.2 Å². The number of nitrogen functional groups attached to an aromatic ring is 1. The van der Waals surface area contributed by atoms with Crippen molar-refractivity contribution in [3.63, 3.8) is 0 Å². The lowest BCUT2D eigenvalue weighted by Gasteiger charge is -2.23. The molecule has 2 aromatic rings. The second-order valence-corrected chi connectivity index (χ2v) is 5.77. The molecular weight excluding hydrogens is 268 g/mol. The van der Waals surface area contributed by atoms with E-state index in [1.165, 1.54) is 4.90 Å². The zero-order chi connectivity index (χ0) is 15.6. The molecule has 2 rings (SSSR count). The Morgan fingerprint density at radius 3 is 2.48 bits per heavy atom. The maximum absolute atomic E-state index is 12.0. The van der Waals surface area contributed by atoms with Crippen molar-refractivity contribution < 1.29 is 9.53 Å². The second-order valence-electron chi connectivity index (χ2n) is 5.77. The van der Waals surface area contributed by atoms with Crippen LogP contribution in [0.5, 0.6) is 0 Å². The number of nitrogens with two attached hydrogens (primary N) is 1. The maximum Gasteiger partial charge on any atom is 0.416 e. The molecule has 1 aromatic carbocycles. The summed E-state index contributed by atoms with van der Waals surface area (Å²) in [5.74, 6) is 0.427. The first-order valence-corrected chi connectivity index (χ1v) is 6.64. The van der Waals surface area contributed by atoms with E-state index in [0.717, 1.165) is 11.3 Å². The SMILES string of the molecule is CN(C(=O)OC(C)(C)C)c1nc(-c2ccc(N)cc2)c[nH]1.